The van der Waals surface area contributed by atoms with Crippen LogP contribution in [0.2, 0.25) is 0 Å². The van der Waals surface area contributed by atoms with E-state index in [1.807, 2.05) is 36.9 Å². The van der Waals surface area contributed by atoms with Gasteiger partial charge in [0.1, 0.15) is 11.6 Å². The molecule has 1 saturated heterocycles. The van der Waals surface area contributed by atoms with Crippen molar-refractivity contribution in [3.63, 3.8) is 0 Å². The highest BCUT2D eigenvalue weighted by Gasteiger charge is 2.32. The number of anilines is 1. The molecule has 28 heavy (non-hydrogen) atoms. The highest BCUT2D eigenvalue weighted by Crippen LogP contribution is 2.24. The zero-order chi connectivity index (χ0) is 20.1. The van der Waals surface area contributed by atoms with Crippen molar-refractivity contribution in [3.8, 4) is 5.75 Å². The third kappa shape index (κ3) is 4.94. The minimum atomic E-state index is -0.524. The van der Waals surface area contributed by atoms with Crippen LogP contribution in [-0.4, -0.2) is 59.3 Å². The second-order valence-corrected chi connectivity index (χ2v) is 8.67. The molecule has 0 bridgehead atoms. The number of ether oxygens (including phenoxy) is 1. The Hall–Kier alpha value is -1.86. The predicted octanol–water partition coefficient (Wildman–Crippen LogP) is 3.44. The first kappa shape index (κ1) is 20.9. The van der Waals surface area contributed by atoms with Gasteiger partial charge >= 0.3 is 0 Å². The van der Waals surface area contributed by atoms with Gasteiger partial charge in [-0.25, -0.2) is 4.98 Å². The molecule has 1 aromatic carbocycles. The summed E-state index contributed by atoms with van der Waals surface area (Å²) in [6, 6.07) is 7.97. The minimum absolute atomic E-state index is 0.125. The van der Waals surface area contributed by atoms with Gasteiger partial charge in [-0.3, -0.25) is 4.79 Å². The number of carbonyl (C=O) groups is 1. The number of methoxy groups -OCH3 is 1. The molecule has 2 heterocycles. The van der Waals surface area contributed by atoms with Gasteiger partial charge in [-0.15, -0.1) is 11.6 Å². The van der Waals surface area contributed by atoms with E-state index in [9.17, 15) is 4.79 Å². The molecule has 8 heteroatoms. The Morgan fingerprint density at radius 3 is 2.86 bits per heavy atom. The molecule has 0 radical (unpaired) electrons. The maximum absolute atomic E-state index is 12.7. The topological polar surface area (TPSA) is 58.6 Å². The summed E-state index contributed by atoms with van der Waals surface area (Å²) < 4.78 is 9.81. The number of carbonyl (C=O) groups excluding carboxylic acids is 1. The molecule has 0 aliphatic carbocycles. The zero-order valence-corrected chi connectivity index (χ0v) is 18.2. The molecular weight excluding hydrogens is 396 g/mol. The first-order chi connectivity index (χ1) is 13.4. The van der Waals surface area contributed by atoms with Gasteiger partial charge in [-0.2, -0.15) is 4.37 Å². The summed E-state index contributed by atoms with van der Waals surface area (Å²) in [4.78, 5) is 21.6. The average molecular weight is 423 g/mol. The average Bonchev–Trinajstić information content (AvgIpc) is 3.02. The van der Waals surface area contributed by atoms with Crippen molar-refractivity contribution >= 4 is 34.2 Å². The second kappa shape index (κ2) is 9.09. The van der Waals surface area contributed by atoms with Gasteiger partial charge in [0.05, 0.1) is 12.5 Å². The number of amides is 1. The maximum Gasteiger partial charge on any atom is 0.229 e. The molecule has 2 aromatic rings. The Labute approximate surface area is 175 Å². The quantitative estimate of drug-likeness (QED) is 0.667. The Kier molecular flexibility index (Phi) is 6.78. The van der Waals surface area contributed by atoms with Crippen molar-refractivity contribution in [2.24, 2.45) is 5.41 Å². The van der Waals surface area contributed by atoms with Crippen LogP contribution in [0.5, 0.6) is 5.75 Å². The number of hydrogen-bond acceptors (Lipinski definition) is 6. The third-order valence-electron chi connectivity index (χ3n) is 4.92. The van der Waals surface area contributed by atoms with Crippen LogP contribution in [0.4, 0.5) is 5.13 Å². The predicted molar refractivity (Wildman–Crippen MR) is 114 cm³/mol. The van der Waals surface area contributed by atoms with Gasteiger partial charge in [0.15, 0.2) is 0 Å². The van der Waals surface area contributed by atoms with E-state index in [1.54, 1.807) is 7.11 Å². The van der Waals surface area contributed by atoms with Crippen LogP contribution in [0.25, 0.3) is 0 Å². The fourth-order valence-corrected chi connectivity index (χ4v) is 4.06. The molecule has 1 amide bonds. The van der Waals surface area contributed by atoms with E-state index in [2.05, 4.69) is 15.3 Å². The Morgan fingerprint density at radius 1 is 1.29 bits per heavy atom. The van der Waals surface area contributed by atoms with Crippen molar-refractivity contribution in [2.45, 2.75) is 26.7 Å². The second-order valence-electron chi connectivity index (χ2n) is 7.67. The molecule has 0 atom stereocenters. The SMILES string of the molecule is COc1cccc(Cc2nsc(N3CCCN(C(=O)C(C)(C)CCl)CC3)n2)c1. The number of aromatic nitrogens is 2. The van der Waals surface area contributed by atoms with E-state index in [-0.39, 0.29) is 5.91 Å². The van der Waals surface area contributed by atoms with Crippen molar-refractivity contribution in [1.29, 1.82) is 0 Å². The summed E-state index contributed by atoms with van der Waals surface area (Å²) in [7, 11) is 1.67. The highest BCUT2D eigenvalue weighted by molar-refractivity contribution is 7.09. The van der Waals surface area contributed by atoms with Crippen LogP contribution in [-0.2, 0) is 11.2 Å². The maximum atomic E-state index is 12.7. The minimum Gasteiger partial charge on any atom is -0.497 e. The van der Waals surface area contributed by atoms with Crippen LogP contribution in [0.3, 0.4) is 0 Å². The summed E-state index contributed by atoms with van der Waals surface area (Å²) >= 11 is 7.40. The lowest BCUT2D eigenvalue weighted by molar-refractivity contribution is -0.139. The lowest BCUT2D eigenvalue weighted by atomic mass is 9.94. The number of benzene rings is 1. The summed E-state index contributed by atoms with van der Waals surface area (Å²) in [5.41, 5.74) is 0.600. The number of rotatable bonds is 6. The van der Waals surface area contributed by atoms with E-state index in [0.29, 0.717) is 18.8 Å². The number of halogens is 1. The largest absolute Gasteiger partial charge is 0.497 e. The van der Waals surface area contributed by atoms with Crippen molar-refractivity contribution in [3.05, 3.63) is 35.7 Å². The number of alkyl halides is 1. The van der Waals surface area contributed by atoms with E-state index < -0.39 is 5.41 Å². The fourth-order valence-electron chi connectivity index (χ4n) is 3.21. The number of hydrogen-bond donors (Lipinski definition) is 0. The molecule has 1 aromatic heterocycles. The van der Waals surface area contributed by atoms with E-state index in [1.165, 1.54) is 11.5 Å². The van der Waals surface area contributed by atoms with Gasteiger partial charge in [0, 0.05) is 50.0 Å². The van der Waals surface area contributed by atoms with Gasteiger partial charge in [0.25, 0.3) is 0 Å². The summed E-state index contributed by atoms with van der Waals surface area (Å²) in [5.74, 6) is 2.11. The van der Waals surface area contributed by atoms with E-state index in [0.717, 1.165) is 48.3 Å². The monoisotopic (exact) mass is 422 g/mol. The first-order valence-corrected chi connectivity index (χ1v) is 10.8. The van der Waals surface area contributed by atoms with Crippen LogP contribution < -0.4 is 9.64 Å². The van der Waals surface area contributed by atoms with E-state index >= 15 is 0 Å². The molecule has 0 spiro atoms. The Morgan fingerprint density at radius 2 is 2.11 bits per heavy atom. The summed E-state index contributed by atoms with van der Waals surface area (Å²) in [6.07, 6.45) is 1.59. The fraction of sp³-hybridized carbons (Fsp3) is 0.550. The van der Waals surface area contributed by atoms with Crippen LogP contribution >= 0.6 is 23.1 Å². The van der Waals surface area contributed by atoms with Crippen molar-refractivity contribution < 1.29 is 9.53 Å². The van der Waals surface area contributed by atoms with Crippen LogP contribution in [0.1, 0.15) is 31.7 Å². The molecule has 3 rings (SSSR count). The first-order valence-electron chi connectivity index (χ1n) is 9.49. The summed E-state index contributed by atoms with van der Waals surface area (Å²) in [5, 5.41) is 0.920. The smallest absolute Gasteiger partial charge is 0.229 e. The van der Waals surface area contributed by atoms with Gasteiger partial charge in [0.2, 0.25) is 11.0 Å². The molecular formula is C20H27ClN4O2S. The molecule has 1 fully saturated rings. The molecule has 0 N–H and O–H groups in total. The highest BCUT2D eigenvalue weighted by atomic mass is 35.5. The lowest BCUT2D eigenvalue weighted by Gasteiger charge is -2.29. The Bertz CT molecular complexity index is 811. The normalized spacial score (nSPS) is 15.4. The molecule has 152 valence electrons. The van der Waals surface area contributed by atoms with Crippen LogP contribution in [0, 0.1) is 5.41 Å². The number of nitrogens with zero attached hydrogens (tertiary/aromatic N) is 4. The van der Waals surface area contributed by atoms with Gasteiger partial charge in [-0.1, -0.05) is 12.1 Å². The zero-order valence-electron chi connectivity index (χ0n) is 16.7. The summed E-state index contributed by atoms with van der Waals surface area (Å²) in [6.45, 7) is 6.88. The molecule has 6 nitrogen and oxygen atoms in total. The molecule has 1 aliphatic heterocycles. The van der Waals surface area contributed by atoms with Crippen molar-refractivity contribution in [2.75, 3.05) is 44.1 Å². The van der Waals surface area contributed by atoms with Crippen LogP contribution in [0.15, 0.2) is 24.3 Å². The Balaban J connectivity index is 1.63. The van der Waals surface area contributed by atoms with Gasteiger partial charge < -0.3 is 14.5 Å². The van der Waals surface area contributed by atoms with Crippen molar-refractivity contribution in [1.82, 2.24) is 14.3 Å². The molecule has 0 saturated carbocycles. The van der Waals surface area contributed by atoms with Gasteiger partial charge in [-0.05, 0) is 38.0 Å². The van der Waals surface area contributed by atoms with E-state index in [4.69, 9.17) is 21.3 Å². The molecule has 1 aliphatic rings. The molecule has 0 unspecified atom stereocenters. The third-order valence-corrected chi connectivity index (χ3v) is 6.40. The standard InChI is InChI=1S/C20H27ClN4O2S/c1-20(2,14-21)18(26)24-8-5-9-25(11-10-24)19-22-17(23-28-19)13-15-6-4-7-16(12-15)27-3/h4,6-7,12H,5,8-11,13-14H2,1-3H3. The lowest BCUT2D eigenvalue weighted by Crippen LogP contribution is -2.43.